The summed E-state index contributed by atoms with van der Waals surface area (Å²) < 4.78 is 5.97. The summed E-state index contributed by atoms with van der Waals surface area (Å²) >= 11 is 6.69. The lowest BCUT2D eigenvalue weighted by Crippen LogP contribution is -2.50. The Morgan fingerprint density at radius 3 is 2.67 bits per heavy atom. The maximum Gasteiger partial charge on any atom is 0.309 e. The van der Waals surface area contributed by atoms with E-state index in [1.807, 2.05) is 12.1 Å². The zero-order valence-electron chi connectivity index (χ0n) is 17.1. The van der Waals surface area contributed by atoms with Gasteiger partial charge in [0.15, 0.2) is 0 Å². The molecule has 1 fully saturated rings. The number of aryl methyl sites for hydroxylation is 2. The van der Waals surface area contributed by atoms with Gasteiger partial charge in [-0.3, -0.25) is 9.69 Å². The van der Waals surface area contributed by atoms with Crippen LogP contribution in [-0.2, 0) is 17.6 Å². The standard InChI is InChI=1S/C25H28ClNO3/c26-24-20(15-27-16-21(17-27)25(28)29)10-9-19-14-22(11-12-23(19)24)30-13-5-4-8-18-6-2-1-3-7-18/h1-3,6-7,11-12,14,21H,4-5,8-10,13,15-17H2,(H,28,29). The molecule has 2 aromatic rings. The fraction of sp³-hybridized carbons (Fsp3) is 0.400. The van der Waals surface area contributed by atoms with Crippen LogP contribution in [0.2, 0.25) is 0 Å². The largest absolute Gasteiger partial charge is 0.494 e. The third-order valence-corrected chi connectivity index (χ3v) is 6.48. The van der Waals surface area contributed by atoms with Gasteiger partial charge in [-0.05, 0) is 72.6 Å². The molecule has 0 amide bonds. The van der Waals surface area contributed by atoms with Gasteiger partial charge < -0.3 is 9.84 Å². The fourth-order valence-electron chi connectivity index (χ4n) is 4.21. The smallest absolute Gasteiger partial charge is 0.309 e. The topological polar surface area (TPSA) is 49.8 Å². The van der Waals surface area contributed by atoms with Gasteiger partial charge in [-0.2, -0.15) is 0 Å². The van der Waals surface area contributed by atoms with Gasteiger partial charge in [-0.25, -0.2) is 0 Å². The summed E-state index contributed by atoms with van der Waals surface area (Å²) in [6, 6.07) is 16.7. The number of aliphatic carboxylic acids is 1. The van der Waals surface area contributed by atoms with Crippen molar-refractivity contribution in [3.05, 3.63) is 70.8 Å². The van der Waals surface area contributed by atoms with Gasteiger partial charge in [0.05, 0.1) is 12.5 Å². The molecule has 0 spiro atoms. The Kier molecular flexibility index (Phi) is 6.76. The van der Waals surface area contributed by atoms with Crippen molar-refractivity contribution >= 4 is 22.6 Å². The minimum atomic E-state index is -0.701. The Balaban J connectivity index is 1.27. The number of unbranched alkanes of at least 4 members (excludes halogenated alkanes) is 1. The van der Waals surface area contributed by atoms with Crippen molar-refractivity contribution in [2.24, 2.45) is 5.92 Å². The molecule has 4 rings (SSSR count). The maximum absolute atomic E-state index is 11.0. The van der Waals surface area contributed by atoms with E-state index in [0.717, 1.165) is 61.6 Å². The van der Waals surface area contributed by atoms with Gasteiger partial charge in [-0.1, -0.05) is 41.9 Å². The summed E-state index contributed by atoms with van der Waals surface area (Å²) in [5.74, 6) is -0.0195. The first-order valence-electron chi connectivity index (χ1n) is 10.7. The number of carboxylic acid groups (broad SMARTS) is 1. The van der Waals surface area contributed by atoms with Crippen molar-refractivity contribution in [1.82, 2.24) is 4.90 Å². The predicted molar refractivity (Wildman–Crippen MR) is 120 cm³/mol. The van der Waals surface area contributed by atoms with Gasteiger partial charge in [0.25, 0.3) is 0 Å². The number of ether oxygens (including phenoxy) is 1. The van der Waals surface area contributed by atoms with Crippen molar-refractivity contribution in [3.63, 3.8) is 0 Å². The molecule has 1 N–H and O–H groups in total. The number of carboxylic acids is 1. The number of carbonyl (C=O) groups is 1. The summed E-state index contributed by atoms with van der Waals surface area (Å²) in [6.45, 7) is 2.72. The molecule has 0 bridgehead atoms. The molecule has 0 aromatic heterocycles. The molecule has 1 aliphatic heterocycles. The van der Waals surface area contributed by atoms with Crippen molar-refractivity contribution in [1.29, 1.82) is 0 Å². The number of benzene rings is 2. The van der Waals surface area contributed by atoms with Crippen LogP contribution in [0.4, 0.5) is 0 Å². The molecule has 0 radical (unpaired) electrons. The molecule has 158 valence electrons. The van der Waals surface area contributed by atoms with E-state index in [9.17, 15) is 4.79 Å². The Morgan fingerprint density at radius 2 is 1.90 bits per heavy atom. The van der Waals surface area contributed by atoms with E-state index in [-0.39, 0.29) is 5.92 Å². The molecule has 5 heteroatoms. The number of hydrogen-bond acceptors (Lipinski definition) is 3. The van der Waals surface area contributed by atoms with E-state index in [1.54, 1.807) is 0 Å². The molecule has 30 heavy (non-hydrogen) atoms. The number of fused-ring (bicyclic) bond motifs is 1. The highest BCUT2D eigenvalue weighted by molar-refractivity contribution is 6.49. The fourth-order valence-corrected chi connectivity index (χ4v) is 4.54. The van der Waals surface area contributed by atoms with E-state index in [0.29, 0.717) is 13.1 Å². The van der Waals surface area contributed by atoms with Gasteiger partial charge in [0.1, 0.15) is 5.75 Å². The monoisotopic (exact) mass is 425 g/mol. The molecule has 0 unspecified atom stereocenters. The normalized spacial score (nSPS) is 16.8. The summed E-state index contributed by atoms with van der Waals surface area (Å²) in [5.41, 5.74) is 4.91. The minimum absolute atomic E-state index is 0.229. The third kappa shape index (κ3) is 5.05. The Bertz CT molecular complexity index is 919. The summed E-state index contributed by atoms with van der Waals surface area (Å²) in [7, 11) is 0. The molecular weight excluding hydrogens is 398 g/mol. The second-order valence-electron chi connectivity index (χ2n) is 8.26. The molecule has 2 aliphatic rings. The van der Waals surface area contributed by atoms with Gasteiger partial charge in [0.2, 0.25) is 0 Å². The van der Waals surface area contributed by atoms with Crippen LogP contribution in [0, 0.1) is 5.92 Å². The molecule has 0 atom stereocenters. The van der Waals surface area contributed by atoms with E-state index < -0.39 is 5.97 Å². The quantitative estimate of drug-likeness (QED) is 0.574. The Labute approximate surface area is 183 Å². The summed E-state index contributed by atoms with van der Waals surface area (Å²) in [4.78, 5) is 13.1. The van der Waals surface area contributed by atoms with Gasteiger partial charge in [-0.15, -0.1) is 0 Å². The van der Waals surface area contributed by atoms with Gasteiger partial charge in [0, 0.05) is 24.7 Å². The molecule has 4 nitrogen and oxygen atoms in total. The summed E-state index contributed by atoms with van der Waals surface area (Å²) in [5, 5.41) is 9.86. The number of halogens is 1. The number of rotatable bonds is 9. The van der Waals surface area contributed by atoms with Crippen LogP contribution in [0.5, 0.6) is 5.75 Å². The molecule has 2 aromatic carbocycles. The second kappa shape index (κ2) is 9.67. The highest BCUT2D eigenvalue weighted by Crippen LogP contribution is 2.37. The van der Waals surface area contributed by atoms with Crippen LogP contribution < -0.4 is 4.74 Å². The predicted octanol–water partition coefficient (Wildman–Crippen LogP) is 5.00. The first kappa shape index (κ1) is 21.0. The lowest BCUT2D eigenvalue weighted by Gasteiger charge is -2.38. The molecule has 0 saturated carbocycles. The highest BCUT2D eigenvalue weighted by Gasteiger charge is 2.33. The summed E-state index contributed by atoms with van der Waals surface area (Å²) in [6.07, 6.45) is 5.10. The Hall–Kier alpha value is -2.30. The van der Waals surface area contributed by atoms with E-state index in [1.165, 1.54) is 16.7 Å². The lowest BCUT2D eigenvalue weighted by molar-refractivity contribution is -0.147. The first-order chi connectivity index (χ1) is 14.6. The lowest BCUT2D eigenvalue weighted by atomic mass is 9.90. The first-order valence-corrected chi connectivity index (χ1v) is 11.1. The molecule has 1 heterocycles. The van der Waals surface area contributed by atoms with Crippen molar-refractivity contribution in [3.8, 4) is 5.75 Å². The Morgan fingerprint density at radius 1 is 1.10 bits per heavy atom. The number of likely N-dealkylation sites (tertiary alicyclic amines) is 1. The average molecular weight is 426 g/mol. The van der Waals surface area contributed by atoms with E-state index >= 15 is 0 Å². The maximum atomic E-state index is 11.0. The minimum Gasteiger partial charge on any atom is -0.494 e. The van der Waals surface area contributed by atoms with Crippen LogP contribution in [0.1, 0.15) is 36.0 Å². The molecule has 1 saturated heterocycles. The number of hydrogen-bond donors (Lipinski definition) is 1. The van der Waals surface area contributed by atoms with Crippen molar-refractivity contribution in [2.45, 2.75) is 32.1 Å². The molecule has 1 aliphatic carbocycles. The SMILES string of the molecule is O=C(O)C1CN(CC2=C(Cl)c3ccc(OCCCCc4ccccc4)cc3CC2)C1. The zero-order valence-corrected chi connectivity index (χ0v) is 17.9. The van der Waals surface area contributed by atoms with Crippen LogP contribution >= 0.6 is 11.6 Å². The van der Waals surface area contributed by atoms with Crippen LogP contribution in [0.15, 0.2) is 54.1 Å². The average Bonchev–Trinajstić information content (AvgIpc) is 2.72. The van der Waals surface area contributed by atoms with Crippen LogP contribution in [0.25, 0.3) is 5.03 Å². The van der Waals surface area contributed by atoms with Crippen molar-refractivity contribution in [2.75, 3.05) is 26.2 Å². The van der Waals surface area contributed by atoms with Crippen molar-refractivity contribution < 1.29 is 14.6 Å². The van der Waals surface area contributed by atoms with Gasteiger partial charge >= 0.3 is 5.97 Å². The molecular formula is C25H28ClNO3. The highest BCUT2D eigenvalue weighted by atomic mass is 35.5. The van der Waals surface area contributed by atoms with E-state index in [2.05, 4.69) is 41.3 Å². The van der Waals surface area contributed by atoms with E-state index in [4.69, 9.17) is 21.4 Å². The zero-order chi connectivity index (χ0) is 20.9. The van der Waals surface area contributed by atoms with Crippen LogP contribution in [-0.4, -0.2) is 42.2 Å². The third-order valence-electron chi connectivity index (χ3n) is 6.01. The van der Waals surface area contributed by atoms with Crippen LogP contribution in [0.3, 0.4) is 0 Å². The number of nitrogens with zero attached hydrogens (tertiary/aromatic N) is 1. The second-order valence-corrected chi connectivity index (χ2v) is 8.63.